The second kappa shape index (κ2) is 10.2. The minimum absolute atomic E-state index is 0.0762. The predicted molar refractivity (Wildman–Crippen MR) is 118 cm³/mol. The van der Waals surface area contributed by atoms with Crippen LogP contribution in [0.25, 0.3) is 11.1 Å². The summed E-state index contributed by atoms with van der Waals surface area (Å²) in [7, 11) is 0. The quantitative estimate of drug-likeness (QED) is 0.571. The van der Waals surface area contributed by atoms with E-state index in [1.54, 1.807) is 12.3 Å². The second-order valence-electron chi connectivity index (χ2n) is 8.90. The molecule has 2 fully saturated rings. The molecule has 1 N–H and O–H groups in total. The number of benzene rings is 1. The number of nitrogens with zero attached hydrogens (tertiary/aromatic N) is 3. The van der Waals surface area contributed by atoms with E-state index in [4.69, 9.17) is 9.47 Å². The average molecular weight is 479 g/mol. The molecule has 0 unspecified atom stereocenters. The summed E-state index contributed by atoms with van der Waals surface area (Å²) < 4.78 is 49.2. The van der Waals surface area contributed by atoms with Crippen LogP contribution >= 0.6 is 0 Å². The van der Waals surface area contributed by atoms with E-state index in [-0.39, 0.29) is 11.8 Å². The van der Waals surface area contributed by atoms with Crippen molar-refractivity contribution < 1.29 is 32.5 Å². The molecule has 1 saturated heterocycles. The number of hydrogen-bond acceptors (Lipinski definition) is 6. The maximum atomic E-state index is 12.6. The Kier molecular flexibility index (Phi) is 7.25. The van der Waals surface area contributed by atoms with Crippen molar-refractivity contribution in [2.45, 2.75) is 38.3 Å². The number of carboxylic acids is 1. The average Bonchev–Trinajstić information content (AvgIpc) is 3.60. The Morgan fingerprint density at radius 2 is 1.94 bits per heavy atom. The number of aromatic nitrogens is 2. The van der Waals surface area contributed by atoms with Gasteiger partial charge in [0.05, 0.1) is 31.9 Å². The molecule has 2 aliphatic rings. The molecule has 4 rings (SSSR count). The molecule has 1 aromatic carbocycles. The minimum Gasteiger partial charge on any atom is -0.494 e. The Balaban J connectivity index is 1.39. The first kappa shape index (κ1) is 24.3. The van der Waals surface area contributed by atoms with Gasteiger partial charge in [-0.1, -0.05) is 6.07 Å². The smallest absolute Gasteiger partial charge is 0.401 e. The standard InChI is InChI=1S/C24H28F3N3O4/c1-2-33-21-4-3-16(9-19(21)18-11-20(18)23(31)32)17-10-22(29-28-12-17)34-13-15-5-7-30(8-6-15)14-24(25,26)27/h3-4,9-10,12,15,18,20H,2,5-8,11,13-14H2,1H3,(H,31,32)/t18-,20+/m1/s1. The number of halogens is 3. The Labute approximate surface area is 195 Å². The van der Waals surface area contributed by atoms with E-state index >= 15 is 0 Å². The van der Waals surface area contributed by atoms with E-state index in [2.05, 4.69) is 10.2 Å². The van der Waals surface area contributed by atoms with Crippen LogP contribution in [0.15, 0.2) is 30.5 Å². The number of alkyl halides is 3. The van der Waals surface area contributed by atoms with E-state index in [1.807, 2.05) is 25.1 Å². The maximum absolute atomic E-state index is 12.6. The Bertz CT molecular complexity index is 1010. The normalized spacial score (nSPS) is 21.3. The largest absolute Gasteiger partial charge is 0.494 e. The van der Waals surface area contributed by atoms with Crippen molar-refractivity contribution in [2.75, 3.05) is 32.8 Å². The number of ether oxygens (including phenoxy) is 2. The molecule has 184 valence electrons. The topological polar surface area (TPSA) is 84.8 Å². The lowest BCUT2D eigenvalue weighted by molar-refractivity contribution is -0.148. The van der Waals surface area contributed by atoms with E-state index in [1.165, 1.54) is 4.90 Å². The van der Waals surface area contributed by atoms with Crippen molar-refractivity contribution in [3.8, 4) is 22.8 Å². The van der Waals surface area contributed by atoms with Crippen molar-refractivity contribution >= 4 is 5.97 Å². The van der Waals surface area contributed by atoms with Crippen molar-refractivity contribution in [2.24, 2.45) is 11.8 Å². The van der Waals surface area contributed by atoms with Gasteiger partial charge in [-0.05, 0) is 68.5 Å². The lowest BCUT2D eigenvalue weighted by Crippen LogP contribution is -2.41. The zero-order valence-electron chi connectivity index (χ0n) is 18.9. The van der Waals surface area contributed by atoms with Crippen LogP contribution in [0.3, 0.4) is 0 Å². The molecule has 10 heteroatoms. The molecular formula is C24H28F3N3O4. The van der Waals surface area contributed by atoms with Gasteiger partial charge in [0.25, 0.3) is 0 Å². The number of aliphatic carboxylic acids is 1. The van der Waals surface area contributed by atoms with Gasteiger partial charge in [-0.2, -0.15) is 18.3 Å². The molecule has 0 spiro atoms. The number of rotatable bonds is 9. The molecule has 1 aromatic heterocycles. The van der Waals surface area contributed by atoms with E-state index < -0.39 is 24.6 Å². The highest BCUT2D eigenvalue weighted by atomic mass is 19.4. The molecule has 34 heavy (non-hydrogen) atoms. The third kappa shape index (κ3) is 6.16. The zero-order chi connectivity index (χ0) is 24.3. The van der Waals surface area contributed by atoms with Crippen LogP contribution in [-0.2, 0) is 4.79 Å². The van der Waals surface area contributed by atoms with Crippen molar-refractivity contribution in [3.05, 3.63) is 36.0 Å². The van der Waals surface area contributed by atoms with Crippen LogP contribution in [0, 0.1) is 11.8 Å². The van der Waals surface area contributed by atoms with Gasteiger partial charge >= 0.3 is 12.1 Å². The third-order valence-electron chi connectivity index (χ3n) is 6.36. The molecule has 1 saturated carbocycles. The van der Waals surface area contributed by atoms with Gasteiger partial charge in [0.2, 0.25) is 5.88 Å². The fourth-order valence-corrected chi connectivity index (χ4v) is 4.46. The molecule has 2 atom stereocenters. The SMILES string of the molecule is CCOc1ccc(-c2cnnc(OCC3CCN(CC(F)(F)F)CC3)c2)cc1[C@H]1C[C@@H]1C(=O)O. The van der Waals surface area contributed by atoms with Crippen LogP contribution in [0.1, 0.15) is 37.7 Å². The summed E-state index contributed by atoms with van der Waals surface area (Å²) in [5.74, 6) is -0.0757. The van der Waals surface area contributed by atoms with Crippen LogP contribution in [-0.4, -0.2) is 65.2 Å². The predicted octanol–water partition coefficient (Wildman–Crippen LogP) is 4.38. The molecule has 0 amide bonds. The van der Waals surface area contributed by atoms with Crippen LogP contribution in [0.2, 0.25) is 0 Å². The van der Waals surface area contributed by atoms with Crippen LogP contribution in [0.5, 0.6) is 11.6 Å². The monoisotopic (exact) mass is 479 g/mol. The second-order valence-corrected chi connectivity index (χ2v) is 8.90. The summed E-state index contributed by atoms with van der Waals surface area (Å²) in [4.78, 5) is 12.8. The number of likely N-dealkylation sites (tertiary alicyclic amines) is 1. The highest BCUT2D eigenvalue weighted by Crippen LogP contribution is 2.51. The molecule has 0 radical (unpaired) electrons. The summed E-state index contributed by atoms with van der Waals surface area (Å²) in [6.07, 6.45) is -0.698. The Morgan fingerprint density at radius 3 is 2.59 bits per heavy atom. The van der Waals surface area contributed by atoms with E-state index in [9.17, 15) is 23.1 Å². The van der Waals surface area contributed by atoms with Crippen molar-refractivity contribution in [1.82, 2.24) is 15.1 Å². The summed E-state index contributed by atoms with van der Waals surface area (Å²) in [6.45, 7) is 2.66. The highest BCUT2D eigenvalue weighted by Gasteiger charge is 2.45. The summed E-state index contributed by atoms with van der Waals surface area (Å²) >= 11 is 0. The number of piperidine rings is 1. The highest BCUT2D eigenvalue weighted by molar-refractivity contribution is 5.76. The minimum atomic E-state index is -4.17. The van der Waals surface area contributed by atoms with Crippen molar-refractivity contribution in [1.29, 1.82) is 0 Å². The summed E-state index contributed by atoms with van der Waals surface area (Å²) in [5, 5.41) is 17.4. The van der Waals surface area contributed by atoms with Gasteiger partial charge in [-0.25, -0.2) is 0 Å². The molecule has 2 aromatic rings. The number of hydrogen-bond donors (Lipinski definition) is 1. The number of carboxylic acid groups (broad SMARTS) is 1. The van der Waals surface area contributed by atoms with Gasteiger partial charge in [-0.15, -0.1) is 5.10 Å². The zero-order valence-corrected chi connectivity index (χ0v) is 18.9. The van der Waals surface area contributed by atoms with E-state index in [0.717, 1.165) is 16.7 Å². The maximum Gasteiger partial charge on any atom is 0.401 e. The number of carbonyl (C=O) groups is 1. The lowest BCUT2D eigenvalue weighted by atomic mass is 9.98. The molecular weight excluding hydrogens is 451 g/mol. The van der Waals surface area contributed by atoms with Gasteiger partial charge in [0.1, 0.15) is 5.75 Å². The van der Waals surface area contributed by atoms with Crippen molar-refractivity contribution in [3.63, 3.8) is 0 Å². The Hall–Kier alpha value is -2.88. The van der Waals surface area contributed by atoms with Gasteiger partial charge in [-0.3, -0.25) is 9.69 Å². The first-order valence-corrected chi connectivity index (χ1v) is 11.5. The van der Waals surface area contributed by atoms with Crippen LogP contribution < -0.4 is 9.47 Å². The Morgan fingerprint density at radius 1 is 1.18 bits per heavy atom. The fraction of sp³-hybridized carbons (Fsp3) is 0.542. The van der Waals surface area contributed by atoms with E-state index in [0.29, 0.717) is 57.2 Å². The van der Waals surface area contributed by atoms with Gasteiger partial charge < -0.3 is 14.6 Å². The molecule has 0 bridgehead atoms. The van der Waals surface area contributed by atoms with Crippen LogP contribution in [0.4, 0.5) is 13.2 Å². The van der Waals surface area contributed by atoms with Gasteiger partial charge in [0, 0.05) is 17.5 Å². The lowest BCUT2D eigenvalue weighted by Gasteiger charge is -2.32. The molecule has 1 aliphatic carbocycles. The first-order chi connectivity index (χ1) is 16.2. The third-order valence-corrected chi connectivity index (χ3v) is 6.36. The first-order valence-electron chi connectivity index (χ1n) is 11.5. The molecule has 7 nitrogen and oxygen atoms in total. The molecule has 2 heterocycles. The summed E-state index contributed by atoms with van der Waals surface area (Å²) in [6, 6.07) is 7.45. The molecule has 1 aliphatic heterocycles. The summed E-state index contributed by atoms with van der Waals surface area (Å²) in [5.41, 5.74) is 2.51. The fourth-order valence-electron chi connectivity index (χ4n) is 4.46. The van der Waals surface area contributed by atoms with Gasteiger partial charge in [0.15, 0.2) is 0 Å².